The van der Waals surface area contributed by atoms with Crippen LogP contribution in [0.15, 0.2) is 0 Å². The maximum absolute atomic E-state index is 0. The number of rotatable bonds is 0. The molecule has 0 aromatic carbocycles. The predicted molar refractivity (Wildman–Crippen MR) is 5.75 cm³/mol. The molecular weight excluding hydrogens is 195 g/mol. The molecule has 0 saturated carbocycles. The van der Waals surface area contributed by atoms with Crippen molar-refractivity contribution in [2.24, 2.45) is 0 Å². The molecule has 0 radical (unpaired) electrons. The van der Waals surface area contributed by atoms with Crippen LogP contribution in [0.2, 0.25) is 0 Å². The molecule has 0 amide bonds. The van der Waals surface area contributed by atoms with Gasteiger partial charge in [-0.25, -0.2) is 0 Å². The molecule has 0 aromatic heterocycles. The van der Waals surface area contributed by atoms with Crippen LogP contribution in [-0.4, -0.2) is 17.4 Å². The fourth-order valence-corrected chi connectivity index (χ4v) is 0. The quantitative estimate of drug-likeness (QED) is 0.461. The minimum absolute atomic E-state index is 0. The van der Waals surface area contributed by atoms with E-state index < -0.39 is 0 Å². The van der Waals surface area contributed by atoms with E-state index in [2.05, 4.69) is 0 Å². The number of hydrogen-bond acceptors (Lipinski definition) is 0. The first-order valence-corrected chi connectivity index (χ1v) is 0. The molecule has 0 aliphatic heterocycles. The second-order valence-corrected chi connectivity index (χ2v) is 0. The third-order valence-corrected chi connectivity index (χ3v) is 0. The van der Waals surface area contributed by atoms with Gasteiger partial charge in [0.15, 0.2) is 0 Å². The summed E-state index contributed by atoms with van der Waals surface area (Å²) in [6.45, 7) is 0. The Hall–Kier alpha value is 2.09. The van der Waals surface area contributed by atoms with Crippen LogP contribution >= 0.6 is 0 Å². The summed E-state index contributed by atoms with van der Waals surface area (Å²) in [6, 6.07) is 0. The molecule has 0 rings (SSSR count). The van der Waals surface area contributed by atoms with E-state index >= 15 is 0 Å². The van der Waals surface area contributed by atoms with Gasteiger partial charge in [0.2, 0.25) is 0 Å². The Kier molecular flexibility index (Phi) is 176. The Labute approximate surface area is 68.0 Å². The Morgan fingerprint density at radius 1 is 0.500 bits per heavy atom. The second kappa shape index (κ2) is 19.5. The zero-order valence-corrected chi connectivity index (χ0v) is 6.11. The Morgan fingerprint density at radius 2 is 0.500 bits per heavy atom. The molecule has 0 atom stereocenters. The molecular formula is AlFe3+3. The zero-order valence-electron chi connectivity index (χ0n) is 1.64. The van der Waals surface area contributed by atoms with Crippen molar-refractivity contribution in [3.05, 3.63) is 0 Å². The third-order valence-electron chi connectivity index (χ3n) is 0. The van der Waals surface area contributed by atoms with E-state index in [4.69, 9.17) is 0 Å². The molecule has 0 heterocycles. The molecule has 0 spiro atoms. The number of hydrogen-bond donors (Lipinski definition) is 0. The summed E-state index contributed by atoms with van der Waals surface area (Å²) in [4.78, 5) is 0. The summed E-state index contributed by atoms with van der Waals surface area (Å²) in [7, 11) is 0. The van der Waals surface area contributed by atoms with Crippen LogP contribution in [0.3, 0.4) is 0 Å². The predicted octanol–water partition coefficient (Wildman–Crippen LogP) is -0.388. The van der Waals surface area contributed by atoms with E-state index in [1.54, 1.807) is 0 Å². The van der Waals surface area contributed by atoms with Crippen molar-refractivity contribution in [3.63, 3.8) is 0 Å². The van der Waals surface area contributed by atoms with E-state index in [1.807, 2.05) is 0 Å². The first-order chi connectivity index (χ1) is 0. The largest absolute Gasteiger partial charge is 3.00 e. The summed E-state index contributed by atoms with van der Waals surface area (Å²) >= 11 is 0. The van der Waals surface area contributed by atoms with Crippen LogP contribution in [0.5, 0.6) is 0 Å². The molecule has 24 valence electrons. The Balaban J connectivity index is 0. The van der Waals surface area contributed by atoms with Crippen molar-refractivity contribution < 1.29 is 51.2 Å². The summed E-state index contributed by atoms with van der Waals surface area (Å²) in [5.74, 6) is 0. The molecule has 0 bridgehead atoms. The topological polar surface area (TPSA) is 0 Å². The fourth-order valence-electron chi connectivity index (χ4n) is 0. The summed E-state index contributed by atoms with van der Waals surface area (Å²) in [6.07, 6.45) is 0. The monoisotopic (exact) mass is 195 g/mol. The van der Waals surface area contributed by atoms with Crippen LogP contribution in [0.25, 0.3) is 0 Å². The molecule has 0 nitrogen and oxygen atoms in total. The van der Waals surface area contributed by atoms with Gasteiger partial charge in [-0.2, -0.15) is 0 Å². The van der Waals surface area contributed by atoms with Crippen LogP contribution in [-0.2, 0) is 51.2 Å². The molecule has 0 saturated heterocycles. The van der Waals surface area contributed by atoms with Crippen molar-refractivity contribution in [2.45, 2.75) is 0 Å². The first kappa shape index (κ1) is 36.1. The van der Waals surface area contributed by atoms with E-state index in [1.165, 1.54) is 0 Å². The van der Waals surface area contributed by atoms with Gasteiger partial charge in [0, 0.05) is 51.2 Å². The van der Waals surface area contributed by atoms with Gasteiger partial charge in [0.1, 0.15) is 0 Å². The normalized spacial score (nSPS) is 0. The van der Waals surface area contributed by atoms with Gasteiger partial charge in [-0.3, -0.25) is 0 Å². The smallest absolute Gasteiger partial charge is 0 e. The summed E-state index contributed by atoms with van der Waals surface area (Å²) in [5, 5.41) is 0. The molecule has 0 aromatic rings. The Bertz CT molecular complexity index is 3.25. The van der Waals surface area contributed by atoms with Crippen molar-refractivity contribution in [1.29, 1.82) is 0 Å². The third kappa shape index (κ3) is 8.94. The van der Waals surface area contributed by atoms with E-state index in [-0.39, 0.29) is 68.6 Å². The van der Waals surface area contributed by atoms with Crippen molar-refractivity contribution >= 4 is 17.4 Å². The van der Waals surface area contributed by atoms with E-state index in [9.17, 15) is 0 Å². The SMILES string of the molecule is [Al+3].[Fe].[Fe].[Fe]. The van der Waals surface area contributed by atoms with Crippen molar-refractivity contribution in [1.82, 2.24) is 0 Å². The van der Waals surface area contributed by atoms with Crippen LogP contribution < -0.4 is 0 Å². The van der Waals surface area contributed by atoms with Gasteiger partial charge in [-0.15, -0.1) is 0 Å². The van der Waals surface area contributed by atoms with E-state index in [0.29, 0.717) is 0 Å². The maximum atomic E-state index is 0. The average Bonchev–Trinajstić information content (AvgIpc) is 0. The average molecular weight is 195 g/mol. The van der Waals surface area contributed by atoms with Gasteiger partial charge < -0.3 is 0 Å². The van der Waals surface area contributed by atoms with Gasteiger partial charge in [0.05, 0.1) is 0 Å². The minimum atomic E-state index is 0. The molecule has 0 aliphatic rings. The standard InChI is InChI=1S/Al.3Fe/q+3;;;. The Morgan fingerprint density at radius 3 is 0.500 bits per heavy atom. The summed E-state index contributed by atoms with van der Waals surface area (Å²) in [5.41, 5.74) is 0. The van der Waals surface area contributed by atoms with Gasteiger partial charge in [0.25, 0.3) is 0 Å². The molecule has 4 heteroatoms. The van der Waals surface area contributed by atoms with Crippen LogP contribution in [0.4, 0.5) is 0 Å². The van der Waals surface area contributed by atoms with Crippen LogP contribution in [0.1, 0.15) is 0 Å². The molecule has 0 unspecified atom stereocenters. The molecule has 0 fully saturated rings. The van der Waals surface area contributed by atoms with Crippen molar-refractivity contribution in [3.8, 4) is 0 Å². The molecule has 0 N–H and O–H groups in total. The fraction of sp³-hybridized carbons (Fsp3) is 0. The minimum Gasteiger partial charge on any atom is 0 e. The molecule has 0 aliphatic carbocycles. The second-order valence-electron chi connectivity index (χ2n) is 0. The van der Waals surface area contributed by atoms with Crippen LogP contribution in [0, 0.1) is 0 Å². The van der Waals surface area contributed by atoms with Gasteiger partial charge >= 0.3 is 17.4 Å². The maximum Gasteiger partial charge on any atom is 3.00 e. The van der Waals surface area contributed by atoms with Crippen molar-refractivity contribution in [2.75, 3.05) is 0 Å². The first-order valence-electron chi connectivity index (χ1n) is 0. The van der Waals surface area contributed by atoms with E-state index in [0.717, 1.165) is 0 Å². The molecule has 4 heavy (non-hydrogen) atoms. The van der Waals surface area contributed by atoms with Gasteiger partial charge in [-0.05, 0) is 0 Å². The van der Waals surface area contributed by atoms with Gasteiger partial charge in [-0.1, -0.05) is 0 Å². The zero-order chi connectivity index (χ0) is 0. The summed E-state index contributed by atoms with van der Waals surface area (Å²) < 4.78 is 0.